The number of alkyl carbamates (subject to hydrolysis) is 1. The highest BCUT2D eigenvalue weighted by Gasteiger charge is 2.34. The van der Waals surface area contributed by atoms with Crippen LogP contribution in [0, 0.1) is 11.6 Å². The van der Waals surface area contributed by atoms with Crippen molar-refractivity contribution in [1.82, 2.24) is 15.5 Å². The van der Waals surface area contributed by atoms with Crippen molar-refractivity contribution in [3.05, 3.63) is 23.8 Å². The van der Waals surface area contributed by atoms with Crippen LogP contribution in [0.3, 0.4) is 0 Å². The minimum absolute atomic E-state index is 0.0192. The Morgan fingerprint density at radius 3 is 2.38 bits per heavy atom. The van der Waals surface area contributed by atoms with E-state index in [1.165, 1.54) is 16.9 Å². The van der Waals surface area contributed by atoms with Gasteiger partial charge in [-0.2, -0.15) is 0 Å². The maximum atomic E-state index is 14.9. The summed E-state index contributed by atoms with van der Waals surface area (Å²) in [4.78, 5) is 50.5. The summed E-state index contributed by atoms with van der Waals surface area (Å²) < 4.78 is 39.3. The van der Waals surface area contributed by atoms with Crippen molar-refractivity contribution in [2.75, 3.05) is 69.3 Å². The molecule has 0 bridgehead atoms. The average molecular weight is 485 g/mol. The zero-order valence-corrected chi connectivity index (χ0v) is 18.4. The van der Waals surface area contributed by atoms with Crippen molar-refractivity contribution in [3.63, 3.8) is 0 Å². The fourth-order valence-corrected chi connectivity index (χ4v) is 3.64. The molecule has 2 aliphatic rings. The summed E-state index contributed by atoms with van der Waals surface area (Å²) in [6.07, 6.45) is -2.22. The number of nitrogens with one attached hydrogen (secondary N) is 2. The molecule has 3 N–H and O–H groups in total. The molecule has 0 saturated carbocycles. The van der Waals surface area contributed by atoms with E-state index in [0.29, 0.717) is 0 Å². The first-order valence-corrected chi connectivity index (χ1v) is 10.4. The molecule has 2 fully saturated rings. The number of cyclic esters (lactones) is 1. The average Bonchev–Trinajstić information content (AvgIpc) is 3.21. The molecule has 34 heavy (non-hydrogen) atoms. The number of carbonyl (C=O) groups excluding carboxylic acids is 4. The van der Waals surface area contributed by atoms with Crippen molar-refractivity contribution >= 4 is 35.4 Å². The molecule has 0 spiro atoms. The minimum Gasteiger partial charge on any atom is -0.453 e. The highest BCUT2D eigenvalue weighted by Crippen LogP contribution is 2.31. The number of hydrogen-bond donors (Lipinski definition) is 3. The van der Waals surface area contributed by atoms with Gasteiger partial charge in [0, 0.05) is 38.3 Å². The first kappa shape index (κ1) is 25.0. The van der Waals surface area contributed by atoms with Gasteiger partial charge in [0.15, 0.2) is 11.6 Å². The molecule has 3 rings (SSSR count). The quantitative estimate of drug-likeness (QED) is 0.465. The number of halogens is 2. The zero-order valence-electron chi connectivity index (χ0n) is 18.4. The number of ether oxygens (including phenoxy) is 2. The third-order valence-electron chi connectivity index (χ3n) is 5.38. The number of rotatable bonds is 7. The van der Waals surface area contributed by atoms with Crippen LogP contribution in [0.5, 0.6) is 0 Å². The number of aliphatic hydroxyl groups is 1. The number of amides is 4. The van der Waals surface area contributed by atoms with Crippen molar-refractivity contribution < 1.29 is 42.5 Å². The van der Waals surface area contributed by atoms with E-state index in [2.05, 4.69) is 15.4 Å². The van der Waals surface area contributed by atoms with E-state index in [1.54, 1.807) is 0 Å². The molecular formula is C20H25F2N5O7. The summed E-state index contributed by atoms with van der Waals surface area (Å²) in [5, 5.41) is 13.3. The molecule has 2 saturated heterocycles. The second-order valence-electron chi connectivity index (χ2n) is 7.55. The maximum absolute atomic E-state index is 14.9. The predicted molar refractivity (Wildman–Crippen MR) is 113 cm³/mol. The Hall–Kier alpha value is -3.68. The summed E-state index contributed by atoms with van der Waals surface area (Å²) in [6, 6.07) is 2.05. The van der Waals surface area contributed by atoms with E-state index in [4.69, 9.17) is 9.84 Å². The Balaban J connectivity index is 1.61. The van der Waals surface area contributed by atoms with Crippen LogP contribution in [0.1, 0.15) is 0 Å². The van der Waals surface area contributed by atoms with Crippen molar-refractivity contribution in [3.8, 4) is 0 Å². The second-order valence-corrected chi connectivity index (χ2v) is 7.55. The lowest BCUT2D eigenvalue weighted by atomic mass is 10.2. The molecule has 14 heteroatoms. The number of anilines is 2. The number of carbonyl (C=O) groups is 4. The number of nitrogens with zero attached hydrogens (tertiary/aromatic N) is 3. The number of piperazine rings is 1. The third-order valence-corrected chi connectivity index (χ3v) is 5.38. The SMILES string of the molecule is COC(=O)NCC1CN(c2cc(F)c(N3CCN(C(=O)CNC(=O)CO)CC3)c(F)c2)C(=O)O1. The van der Waals surface area contributed by atoms with Gasteiger partial charge in [0.1, 0.15) is 18.4 Å². The molecule has 1 atom stereocenters. The molecule has 186 valence electrons. The fraction of sp³-hybridized carbons (Fsp3) is 0.500. The van der Waals surface area contributed by atoms with Gasteiger partial charge in [-0.05, 0) is 0 Å². The molecule has 2 aliphatic heterocycles. The minimum atomic E-state index is -0.881. The van der Waals surface area contributed by atoms with Gasteiger partial charge in [0.25, 0.3) is 0 Å². The lowest BCUT2D eigenvalue weighted by molar-refractivity contribution is -0.133. The molecule has 0 aliphatic carbocycles. The molecule has 4 amide bonds. The number of benzene rings is 1. The topological polar surface area (TPSA) is 141 Å². The molecule has 1 unspecified atom stereocenters. The van der Waals surface area contributed by atoms with Crippen LogP contribution in [0.15, 0.2) is 12.1 Å². The summed E-state index contributed by atoms with van der Waals surface area (Å²) >= 11 is 0. The summed E-state index contributed by atoms with van der Waals surface area (Å²) in [5.74, 6) is -2.81. The summed E-state index contributed by atoms with van der Waals surface area (Å²) in [7, 11) is 1.19. The number of aliphatic hydroxyl groups excluding tert-OH is 1. The van der Waals surface area contributed by atoms with Crippen LogP contribution in [-0.4, -0.2) is 99.6 Å². The zero-order chi connectivity index (χ0) is 24.8. The Bertz CT molecular complexity index is 932. The lowest BCUT2D eigenvalue weighted by Gasteiger charge is -2.36. The van der Waals surface area contributed by atoms with Crippen LogP contribution in [0.2, 0.25) is 0 Å². The second kappa shape index (κ2) is 11.0. The van der Waals surface area contributed by atoms with Crippen LogP contribution in [-0.2, 0) is 19.1 Å². The highest BCUT2D eigenvalue weighted by atomic mass is 19.1. The van der Waals surface area contributed by atoms with Crippen molar-refractivity contribution in [1.29, 1.82) is 0 Å². The summed E-state index contributed by atoms with van der Waals surface area (Å²) in [6.45, 7) is -0.378. The first-order chi connectivity index (χ1) is 16.2. The van der Waals surface area contributed by atoms with Gasteiger partial charge in [-0.15, -0.1) is 0 Å². The van der Waals surface area contributed by atoms with E-state index in [-0.39, 0.29) is 63.1 Å². The standard InChI is InChI=1S/C20H25F2N5O7/c1-33-19(31)24-8-13-10-27(20(32)34-13)12-6-14(21)18(15(22)7-12)26-4-2-25(3-5-26)17(30)9-23-16(29)11-28/h6-7,13,28H,2-5,8-11H2,1H3,(H,23,29)(H,24,31). The molecule has 0 radical (unpaired) electrons. The smallest absolute Gasteiger partial charge is 0.414 e. The van der Waals surface area contributed by atoms with Gasteiger partial charge < -0.3 is 35.0 Å². The molecule has 1 aromatic carbocycles. The Kier molecular flexibility index (Phi) is 8.04. The van der Waals surface area contributed by atoms with Gasteiger partial charge in [-0.25, -0.2) is 18.4 Å². The van der Waals surface area contributed by atoms with Crippen LogP contribution >= 0.6 is 0 Å². The van der Waals surface area contributed by atoms with E-state index < -0.39 is 42.4 Å². The van der Waals surface area contributed by atoms with E-state index >= 15 is 0 Å². The molecular weight excluding hydrogens is 460 g/mol. The molecule has 0 aromatic heterocycles. The van der Waals surface area contributed by atoms with Crippen molar-refractivity contribution in [2.24, 2.45) is 0 Å². The van der Waals surface area contributed by atoms with E-state index in [0.717, 1.165) is 17.0 Å². The normalized spacial score (nSPS) is 17.9. The van der Waals surface area contributed by atoms with Crippen LogP contribution in [0.25, 0.3) is 0 Å². The largest absolute Gasteiger partial charge is 0.453 e. The van der Waals surface area contributed by atoms with Crippen molar-refractivity contribution in [2.45, 2.75) is 6.10 Å². The van der Waals surface area contributed by atoms with Gasteiger partial charge in [-0.3, -0.25) is 14.5 Å². The van der Waals surface area contributed by atoms with E-state index in [9.17, 15) is 28.0 Å². The third kappa shape index (κ3) is 5.81. The first-order valence-electron chi connectivity index (χ1n) is 10.4. The monoisotopic (exact) mass is 485 g/mol. The molecule has 2 heterocycles. The van der Waals surface area contributed by atoms with Gasteiger partial charge >= 0.3 is 12.2 Å². The number of hydrogen-bond acceptors (Lipinski definition) is 8. The highest BCUT2D eigenvalue weighted by molar-refractivity contribution is 5.90. The van der Waals surface area contributed by atoms with Gasteiger partial charge in [0.2, 0.25) is 11.8 Å². The fourth-order valence-electron chi connectivity index (χ4n) is 3.64. The Labute approximate surface area is 193 Å². The van der Waals surface area contributed by atoms with Gasteiger partial charge in [-0.1, -0.05) is 0 Å². The van der Waals surface area contributed by atoms with Gasteiger partial charge in [0.05, 0.1) is 32.4 Å². The Morgan fingerprint density at radius 1 is 1.15 bits per heavy atom. The van der Waals surface area contributed by atoms with Crippen LogP contribution in [0.4, 0.5) is 29.7 Å². The Morgan fingerprint density at radius 2 is 1.79 bits per heavy atom. The summed E-state index contributed by atoms with van der Waals surface area (Å²) in [5.41, 5.74) is -0.307. The number of methoxy groups -OCH3 is 1. The van der Waals surface area contributed by atoms with E-state index in [1.807, 2.05) is 0 Å². The lowest BCUT2D eigenvalue weighted by Crippen LogP contribution is -2.51. The molecule has 1 aromatic rings. The predicted octanol–water partition coefficient (Wildman–Crippen LogP) is -0.597. The molecule has 12 nitrogen and oxygen atoms in total. The van der Waals surface area contributed by atoms with Crippen LogP contribution < -0.4 is 20.4 Å². The maximum Gasteiger partial charge on any atom is 0.414 e.